The van der Waals surface area contributed by atoms with Gasteiger partial charge in [-0.2, -0.15) is 0 Å². The highest BCUT2D eigenvalue weighted by atomic mass is 32.2. The van der Waals surface area contributed by atoms with Gasteiger partial charge < -0.3 is 19.9 Å². The molecule has 3 rings (SSSR count). The number of sulfonamides is 1. The molecule has 178 valence electrons. The molecule has 3 atom stereocenters. The predicted molar refractivity (Wildman–Crippen MR) is 115 cm³/mol. The fourth-order valence-electron chi connectivity index (χ4n) is 3.63. The lowest BCUT2D eigenvalue weighted by atomic mass is 10.1. The Hall–Kier alpha value is -1.89. The molecule has 0 saturated carbocycles. The van der Waals surface area contributed by atoms with Crippen molar-refractivity contribution in [1.82, 2.24) is 14.9 Å². The second kappa shape index (κ2) is 11.8. The van der Waals surface area contributed by atoms with Crippen LogP contribution < -0.4 is 10.0 Å². The summed E-state index contributed by atoms with van der Waals surface area (Å²) >= 11 is 0. The van der Waals surface area contributed by atoms with E-state index in [0.29, 0.717) is 6.54 Å². The number of hydrogen-bond donors (Lipinski definition) is 3. The monoisotopic (exact) mass is 471 g/mol. The molecule has 1 fully saturated rings. The molecule has 9 nitrogen and oxygen atoms in total. The highest BCUT2D eigenvalue weighted by Gasteiger charge is 2.32. The molecule has 2 aliphatic heterocycles. The fourth-order valence-corrected chi connectivity index (χ4v) is 4.92. The summed E-state index contributed by atoms with van der Waals surface area (Å²) in [7, 11) is -4.16. The van der Waals surface area contributed by atoms with E-state index in [-0.39, 0.29) is 12.3 Å². The molecule has 11 heteroatoms. The van der Waals surface area contributed by atoms with Gasteiger partial charge in [-0.05, 0) is 25.1 Å². The first-order valence-corrected chi connectivity index (χ1v) is 12.2. The number of nitrogens with zero attached hydrogens (tertiary/aromatic N) is 1. The van der Waals surface area contributed by atoms with Crippen molar-refractivity contribution in [3.05, 3.63) is 42.2 Å². The van der Waals surface area contributed by atoms with Gasteiger partial charge in [0.15, 0.2) is 0 Å². The van der Waals surface area contributed by atoms with E-state index in [9.17, 15) is 22.7 Å². The molecule has 32 heavy (non-hydrogen) atoms. The van der Waals surface area contributed by atoms with E-state index in [0.717, 1.165) is 51.4 Å². The van der Waals surface area contributed by atoms with Crippen LogP contribution in [0.4, 0.5) is 4.39 Å². The van der Waals surface area contributed by atoms with Crippen LogP contribution in [-0.2, 0) is 24.3 Å². The van der Waals surface area contributed by atoms with Gasteiger partial charge in [0.05, 0.1) is 38.4 Å². The Labute approximate surface area is 187 Å². The number of hydrogen-bond acceptors (Lipinski definition) is 7. The van der Waals surface area contributed by atoms with Crippen LogP contribution in [0.1, 0.15) is 12.8 Å². The molecule has 0 aliphatic carbocycles. The minimum Gasteiger partial charge on any atom is -0.394 e. The average molecular weight is 472 g/mol. The van der Waals surface area contributed by atoms with Crippen molar-refractivity contribution in [2.75, 3.05) is 46.0 Å². The third kappa shape index (κ3) is 7.06. The summed E-state index contributed by atoms with van der Waals surface area (Å²) < 4.78 is 52.2. The van der Waals surface area contributed by atoms with Gasteiger partial charge in [-0.3, -0.25) is 9.69 Å². The number of amides is 1. The lowest BCUT2D eigenvalue weighted by Crippen LogP contribution is -2.49. The smallest absolute Gasteiger partial charge is 0.244 e. The fraction of sp³-hybridized carbons (Fsp3) is 0.571. The normalized spacial score (nSPS) is 24.4. The molecule has 1 saturated heterocycles. The first kappa shape index (κ1) is 24.7. The van der Waals surface area contributed by atoms with E-state index in [1.807, 2.05) is 0 Å². The summed E-state index contributed by atoms with van der Waals surface area (Å²) in [5.74, 6) is -1.06. The number of aliphatic hydroxyl groups is 1. The molecular weight excluding hydrogens is 441 g/mol. The van der Waals surface area contributed by atoms with E-state index >= 15 is 0 Å². The summed E-state index contributed by atoms with van der Waals surface area (Å²) in [4.78, 5) is 14.0. The molecule has 0 radical (unpaired) electrons. The van der Waals surface area contributed by atoms with Crippen LogP contribution in [0.3, 0.4) is 0 Å². The largest absolute Gasteiger partial charge is 0.394 e. The maximum absolute atomic E-state index is 13.9. The Bertz CT molecular complexity index is 891. The van der Waals surface area contributed by atoms with Crippen molar-refractivity contribution in [1.29, 1.82) is 0 Å². The summed E-state index contributed by atoms with van der Waals surface area (Å²) in [5, 5.41) is 12.5. The van der Waals surface area contributed by atoms with Gasteiger partial charge in [0.25, 0.3) is 0 Å². The highest BCUT2D eigenvalue weighted by molar-refractivity contribution is 7.89. The van der Waals surface area contributed by atoms with Crippen LogP contribution in [0.15, 0.2) is 41.3 Å². The quantitative estimate of drug-likeness (QED) is 0.325. The topological polar surface area (TPSA) is 117 Å². The van der Waals surface area contributed by atoms with Gasteiger partial charge in [-0.15, -0.1) is 0 Å². The summed E-state index contributed by atoms with van der Waals surface area (Å²) in [5.41, 5.74) is 0. The van der Waals surface area contributed by atoms with E-state index < -0.39 is 45.6 Å². The zero-order valence-corrected chi connectivity index (χ0v) is 18.6. The third-order valence-corrected chi connectivity index (χ3v) is 6.84. The first-order valence-electron chi connectivity index (χ1n) is 10.7. The number of aliphatic hydroxyl groups excluding tert-OH is 1. The van der Waals surface area contributed by atoms with E-state index in [4.69, 9.17) is 9.47 Å². The summed E-state index contributed by atoms with van der Waals surface area (Å²) in [6.45, 7) is 4.24. The van der Waals surface area contributed by atoms with Crippen LogP contribution in [0.5, 0.6) is 0 Å². The standard InChI is InChI=1S/C21H30FN3O6S/c22-17-4-1-2-5-20(17)32(28,29)24-18-7-6-16(31-19(18)15-26)14-21(27)23-8-3-9-25-10-12-30-13-11-25/h1-2,4-7,16,18-19,24,26H,3,8-15H2,(H,23,27)/t16-,18+,19-/m1/s1. The van der Waals surface area contributed by atoms with Gasteiger partial charge in [-0.1, -0.05) is 24.3 Å². The molecule has 0 spiro atoms. The highest BCUT2D eigenvalue weighted by Crippen LogP contribution is 2.19. The maximum Gasteiger partial charge on any atom is 0.244 e. The molecule has 1 amide bonds. The van der Waals surface area contributed by atoms with Crippen molar-refractivity contribution in [2.45, 2.75) is 36.0 Å². The first-order chi connectivity index (χ1) is 15.4. The minimum absolute atomic E-state index is 0.0529. The molecule has 2 aliphatic rings. The molecule has 0 aromatic heterocycles. The van der Waals surface area contributed by atoms with E-state index in [1.165, 1.54) is 18.2 Å². The summed E-state index contributed by atoms with van der Waals surface area (Å²) in [6.07, 6.45) is 2.48. The SMILES string of the molecule is O=C(C[C@H]1C=C[C@H](NS(=O)(=O)c2ccccc2F)[C@@H](CO)O1)NCCCN1CCOCC1. The second-order valence-corrected chi connectivity index (χ2v) is 9.40. The molecule has 0 unspecified atom stereocenters. The van der Waals surface area contributed by atoms with Crippen LogP contribution in [0.2, 0.25) is 0 Å². The number of morpholine rings is 1. The maximum atomic E-state index is 13.9. The molecule has 2 heterocycles. The summed E-state index contributed by atoms with van der Waals surface area (Å²) in [6, 6.07) is 4.14. The number of benzene rings is 1. The third-order valence-electron chi connectivity index (χ3n) is 5.34. The van der Waals surface area contributed by atoms with Gasteiger partial charge >= 0.3 is 0 Å². The lowest BCUT2D eigenvalue weighted by molar-refractivity contribution is -0.125. The van der Waals surface area contributed by atoms with Crippen molar-refractivity contribution in [3.63, 3.8) is 0 Å². The van der Waals surface area contributed by atoms with Gasteiger partial charge in [-0.25, -0.2) is 17.5 Å². The Balaban J connectivity index is 1.47. The average Bonchev–Trinajstić information content (AvgIpc) is 2.78. The van der Waals surface area contributed by atoms with Crippen LogP contribution in [0, 0.1) is 5.82 Å². The number of rotatable bonds is 10. The van der Waals surface area contributed by atoms with Crippen LogP contribution in [-0.4, -0.2) is 88.6 Å². The van der Waals surface area contributed by atoms with Crippen LogP contribution in [0.25, 0.3) is 0 Å². The minimum atomic E-state index is -4.16. The van der Waals surface area contributed by atoms with Crippen molar-refractivity contribution >= 4 is 15.9 Å². The van der Waals surface area contributed by atoms with Gasteiger partial charge in [0, 0.05) is 19.6 Å². The number of ether oxygens (including phenoxy) is 2. The molecule has 1 aromatic rings. The Morgan fingerprint density at radius 2 is 1.97 bits per heavy atom. The van der Waals surface area contributed by atoms with E-state index in [1.54, 1.807) is 6.08 Å². The second-order valence-electron chi connectivity index (χ2n) is 7.72. The van der Waals surface area contributed by atoms with Crippen molar-refractivity contribution < 1.29 is 32.2 Å². The Morgan fingerprint density at radius 3 is 2.69 bits per heavy atom. The number of nitrogens with one attached hydrogen (secondary N) is 2. The van der Waals surface area contributed by atoms with Gasteiger partial charge in [0.1, 0.15) is 16.8 Å². The van der Waals surface area contributed by atoms with E-state index in [2.05, 4.69) is 14.9 Å². The zero-order chi connectivity index (χ0) is 23.0. The molecular formula is C21H30FN3O6S. The Morgan fingerprint density at radius 1 is 1.22 bits per heavy atom. The Kier molecular flexibility index (Phi) is 9.14. The lowest BCUT2D eigenvalue weighted by Gasteiger charge is -2.31. The molecule has 0 bridgehead atoms. The molecule has 1 aromatic carbocycles. The number of carbonyl (C=O) groups excluding carboxylic acids is 1. The molecule has 3 N–H and O–H groups in total. The van der Waals surface area contributed by atoms with Crippen LogP contribution >= 0.6 is 0 Å². The van der Waals surface area contributed by atoms with Gasteiger partial charge in [0.2, 0.25) is 15.9 Å². The zero-order valence-electron chi connectivity index (χ0n) is 17.8. The number of carbonyl (C=O) groups is 1. The van der Waals surface area contributed by atoms with Crippen molar-refractivity contribution in [2.24, 2.45) is 0 Å². The van der Waals surface area contributed by atoms with Crippen molar-refractivity contribution in [3.8, 4) is 0 Å². The number of halogens is 1. The predicted octanol–water partition coefficient (Wildman–Crippen LogP) is 0.0171.